The third kappa shape index (κ3) is 10.7. The van der Waals surface area contributed by atoms with Crippen LogP contribution in [0.3, 0.4) is 0 Å². The van der Waals surface area contributed by atoms with Gasteiger partial charge in [-0.2, -0.15) is 0 Å². The molecule has 9 N–H and O–H groups in total. The number of nitrogens with two attached hydrogens (primary N) is 1. The molecule has 3 aliphatic rings. The predicted octanol–water partition coefficient (Wildman–Crippen LogP) is -4.45. The summed E-state index contributed by atoms with van der Waals surface area (Å²) in [6.45, 7) is 2.05. The highest BCUT2D eigenvalue weighted by molar-refractivity contribution is 5.73. The fourth-order valence-corrected chi connectivity index (χ4v) is 5.62. The van der Waals surface area contributed by atoms with Crippen LogP contribution in [0, 0.1) is 5.92 Å². The average molecular weight is 673 g/mol. The molecule has 46 heavy (non-hydrogen) atoms. The monoisotopic (exact) mass is 672 g/mol. The fraction of sp³-hybridized carbons (Fsp3) is 0.964. The summed E-state index contributed by atoms with van der Waals surface area (Å²) < 4.78 is 52.1. The molecular formula is C28H52N2O16. The molecule has 0 aromatic rings. The molecule has 18 nitrogen and oxygen atoms in total. The topological polar surface area (TPSA) is 260 Å². The zero-order chi connectivity index (χ0) is 33.8. The lowest BCUT2D eigenvalue weighted by atomic mass is 9.92. The molecule has 3 aliphatic heterocycles. The van der Waals surface area contributed by atoms with Crippen molar-refractivity contribution < 1.29 is 78.1 Å². The first-order valence-corrected chi connectivity index (χ1v) is 15.5. The van der Waals surface area contributed by atoms with Gasteiger partial charge in [0, 0.05) is 26.4 Å². The minimum absolute atomic E-state index is 0.0199. The molecule has 0 radical (unpaired) electrons. The minimum atomic E-state index is -1.50. The first kappa shape index (κ1) is 39.3. The van der Waals surface area contributed by atoms with Gasteiger partial charge >= 0.3 is 0 Å². The van der Waals surface area contributed by atoms with Crippen LogP contribution >= 0.6 is 0 Å². The van der Waals surface area contributed by atoms with Crippen molar-refractivity contribution in [2.75, 3.05) is 66.6 Å². The molecule has 0 spiro atoms. The molecule has 0 aliphatic carbocycles. The second-order valence-corrected chi connectivity index (χ2v) is 11.5. The van der Waals surface area contributed by atoms with E-state index in [0.717, 1.165) is 0 Å². The molecule has 0 aromatic carbocycles. The van der Waals surface area contributed by atoms with E-state index in [1.807, 2.05) is 0 Å². The number of aliphatic hydroxyl groups is 6. The van der Waals surface area contributed by atoms with Crippen LogP contribution in [-0.4, -0.2) is 183 Å². The molecule has 3 saturated heterocycles. The summed E-state index contributed by atoms with van der Waals surface area (Å²) in [5, 5.41) is 63.6. The van der Waals surface area contributed by atoms with Gasteiger partial charge in [-0.1, -0.05) is 6.92 Å². The van der Waals surface area contributed by atoms with Gasteiger partial charge in [0.2, 0.25) is 5.91 Å². The Labute approximate surface area is 267 Å². The van der Waals surface area contributed by atoms with Crippen molar-refractivity contribution >= 4 is 5.91 Å². The molecule has 0 saturated carbocycles. The maximum atomic E-state index is 12.3. The summed E-state index contributed by atoms with van der Waals surface area (Å²) in [6, 6.07) is -2.31. The lowest BCUT2D eigenvalue weighted by molar-refractivity contribution is -0.349. The maximum absolute atomic E-state index is 12.3. The van der Waals surface area contributed by atoms with E-state index >= 15 is 0 Å². The van der Waals surface area contributed by atoms with Crippen LogP contribution in [0.5, 0.6) is 0 Å². The number of nitrogens with one attached hydrogen (secondary N) is 1. The first-order chi connectivity index (χ1) is 22.1. The molecule has 3 rings (SSSR count). The van der Waals surface area contributed by atoms with E-state index in [9.17, 15) is 25.2 Å². The van der Waals surface area contributed by atoms with Crippen molar-refractivity contribution in [1.29, 1.82) is 0 Å². The number of amides is 1. The van der Waals surface area contributed by atoms with E-state index in [-0.39, 0.29) is 71.8 Å². The smallest absolute Gasteiger partial charge is 0.217 e. The number of hydrogen-bond acceptors (Lipinski definition) is 17. The standard InChI is InChI=1S/C28H52N2O16/c1-14-16(35)10-20(42-17(14)11-39-7-4-31)45-26-19(13-41-9-6-33)44-28(22(24(26)37)30-15(2)34)46-25-18(12-40-8-5-32)43-27(38-3)21(29)23(25)36/h14,16-28,31-33,35-37H,4-13,29H2,1-3H3,(H,30,34)/t14-,16+,17?,18?,19?,20+,21?,22?,23+,24+,25+,26+,27-,28+/m1/s1. The Morgan fingerprint density at radius 1 is 0.804 bits per heavy atom. The summed E-state index contributed by atoms with van der Waals surface area (Å²) in [5.74, 6) is -0.851. The van der Waals surface area contributed by atoms with Crippen LogP contribution in [0.4, 0.5) is 0 Å². The van der Waals surface area contributed by atoms with E-state index in [0.29, 0.717) is 0 Å². The molecule has 0 bridgehead atoms. The fourth-order valence-electron chi connectivity index (χ4n) is 5.62. The highest BCUT2D eigenvalue weighted by atomic mass is 16.7. The molecule has 0 aromatic heterocycles. The van der Waals surface area contributed by atoms with Crippen LogP contribution in [0.1, 0.15) is 20.3 Å². The molecule has 5 unspecified atom stereocenters. The Balaban J connectivity index is 1.85. The maximum Gasteiger partial charge on any atom is 0.217 e. The molecule has 270 valence electrons. The summed E-state index contributed by atoms with van der Waals surface area (Å²) in [4.78, 5) is 12.3. The van der Waals surface area contributed by atoms with Gasteiger partial charge in [-0.05, 0) is 0 Å². The van der Waals surface area contributed by atoms with Gasteiger partial charge in [-0.3, -0.25) is 4.79 Å². The Morgan fingerprint density at radius 2 is 1.33 bits per heavy atom. The molecule has 18 heteroatoms. The SMILES string of the molecule is CO[C@@H]1OC(COCCO)[C@H](O[C@@H]2OC(COCCO)[C@H](O[C@H]3C[C@H](O)[C@@H](C)C(COCCO)O3)[C@@H](O)C2NC(C)=O)[C@@H](O)C1N. The zero-order valence-corrected chi connectivity index (χ0v) is 26.5. The van der Waals surface area contributed by atoms with E-state index in [4.69, 9.17) is 58.6 Å². The molecule has 3 fully saturated rings. The first-order valence-electron chi connectivity index (χ1n) is 15.5. The minimum Gasteiger partial charge on any atom is -0.394 e. The van der Waals surface area contributed by atoms with E-state index < -0.39 is 85.7 Å². The summed E-state index contributed by atoms with van der Waals surface area (Å²) >= 11 is 0. The second kappa shape index (κ2) is 19.7. The largest absolute Gasteiger partial charge is 0.394 e. The van der Waals surface area contributed by atoms with Crippen LogP contribution in [0.2, 0.25) is 0 Å². The van der Waals surface area contributed by atoms with Crippen LogP contribution < -0.4 is 11.1 Å². The quantitative estimate of drug-likeness (QED) is 0.0639. The van der Waals surface area contributed by atoms with Gasteiger partial charge in [0.15, 0.2) is 18.9 Å². The highest BCUT2D eigenvalue weighted by Gasteiger charge is 2.52. The van der Waals surface area contributed by atoms with E-state index in [1.165, 1.54) is 14.0 Å². The number of methoxy groups -OCH3 is 1. The van der Waals surface area contributed by atoms with Crippen molar-refractivity contribution in [3.8, 4) is 0 Å². The van der Waals surface area contributed by atoms with Crippen molar-refractivity contribution in [1.82, 2.24) is 5.32 Å². The van der Waals surface area contributed by atoms with Crippen molar-refractivity contribution in [3.05, 3.63) is 0 Å². The lowest BCUT2D eigenvalue weighted by Gasteiger charge is -2.49. The van der Waals surface area contributed by atoms with Crippen molar-refractivity contribution in [2.24, 2.45) is 11.7 Å². The summed E-state index contributed by atoms with van der Waals surface area (Å²) in [6.07, 6.45) is -12.1. The van der Waals surface area contributed by atoms with Crippen LogP contribution in [0.25, 0.3) is 0 Å². The molecule has 1 amide bonds. The van der Waals surface area contributed by atoms with Gasteiger partial charge in [-0.15, -0.1) is 0 Å². The van der Waals surface area contributed by atoms with Gasteiger partial charge in [0.05, 0.1) is 77.7 Å². The summed E-state index contributed by atoms with van der Waals surface area (Å²) in [7, 11) is 1.36. The van der Waals surface area contributed by atoms with Crippen LogP contribution in [-0.2, 0) is 47.4 Å². The van der Waals surface area contributed by atoms with Gasteiger partial charge in [0.25, 0.3) is 0 Å². The zero-order valence-electron chi connectivity index (χ0n) is 26.5. The number of aliphatic hydroxyl groups excluding tert-OH is 6. The number of rotatable bonds is 18. The molecular weight excluding hydrogens is 620 g/mol. The van der Waals surface area contributed by atoms with Gasteiger partial charge in [-0.25, -0.2) is 0 Å². The van der Waals surface area contributed by atoms with E-state index in [1.54, 1.807) is 6.92 Å². The predicted molar refractivity (Wildman–Crippen MR) is 154 cm³/mol. The Kier molecular flexibility index (Phi) is 16.8. The number of hydrogen-bond donors (Lipinski definition) is 8. The average Bonchev–Trinajstić information content (AvgIpc) is 3.02. The third-order valence-electron chi connectivity index (χ3n) is 8.10. The van der Waals surface area contributed by atoms with Crippen LogP contribution in [0.15, 0.2) is 0 Å². The number of ether oxygens (including phenoxy) is 9. The number of carbonyl (C=O) groups is 1. The Bertz CT molecular complexity index is 877. The number of carbonyl (C=O) groups excluding carboxylic acids is 1. The highest BCUT2D eigenvalue weighted by Crippen LogP contribution is 2.33. The normalized spacial score (nSPS) is 40.1. The molecule has 3 heterocycles. The van der Waals surface area contributed by atoms with Gasteiger partial charge < -0.3 is 84.3 Å². The van der Waals surface area contributed by atoms with Crippen molar-refractivity contribution in [3.63, 3.8) is 0 Å². The Hall–Kier alpha value is -1.17. The second-order valence-electron chi connectivity index (χ2n) is 11.5. The van der Waals surface area contributed by atoms with Gasteiger partial charge in [0.1, 0.15) is 42.7 Å². The molecule has 14 atom stereocenters. The van der Waals surface area contributed by atoms with Crippen molar-refractivity contribution in [2.45, 2.75) is 100 Å². The van der Waals surface area contributed by atoms with E-state index in [2.05, 4.69) is 5.32 Å². The third-order valence-corrected chi connectivity index (χ3v) is 8.10. The Morgan fingerprint density at radius 3 is 1.85 bits per heavy atom. The lowest BCUT2D eigenvalue weighted by Crippen LogP contribution is -2.69. The summed E-state index contributed by atoms with van der Waals surface area (Å²) in [5.41, 5.74) is 6.15.